The van der Waals surface area contributed by atoms with Gasteiger partial charge in [-0.2, -0.15) is 5.11 Å². The van der Waals surface area contributed by atoms with E-state index >= 15 is 0 Å². The van der Waals surface area contributed by atoms with E-state index in [1.165, 1.54) is 30.3 Å². The molecule has 1 heterocycles. The van der Waals surface area contributed by atoms with Crippen LogP contribution in [0.2, 0.25) is 0 Å². The molecule has 2 aromatic carbocycles. The fourth-order valence-corrected chi connectivity index (χ4v) is 2.39. The second-order valence-corrected chi connectivity index (χ2v) is 5.32. The number of rotatable bonds is 3. The number of non-ortho nitro benzene ring substituents is 1. The molecule has 8 nitrogen and oxygen atoms in total. The van der Waals surface area contributed by atoms with Gasteiger partial charge in [0.05, 0.1) is 16.7 Å². The predicted octanol–water partition coefficient (Wildman–Crippen LogP) is 4.53. The summed E-state index contributed by atoms with van der Waals surface area (Å²) in [4.78, 5) is 10.1. The Bertz CT molecular complexity index is 804. The number of aromatic hydroxyl groups is 1. The number of nitro groups is 1. The van der Waals surface area contributed by atoms with E-state index in [1.807, 2.05) is 6.92 Å². The van der Waals surface area contributed by atoms with Gasteiger partial charge in [-0.3, -0.25) is 10.1 Å². The third-order valence-electron chi connectivity index (χ3n) is 3.57. The Balaban J connectivity index is 1.87. The first-order chi connectivity index (χ1) is 11.4. The van der Waals surface area contributed by atoms with Gasteiger partial charge in [-0.1, -0.05) is 0 Å². The number of hydrogen-bond acceptors (Lipinski definition) is 7. The van der Waals surface area contributed by atoms with Gasteiger partial charge in [-0.25, -0.2) is 0 Å². The van der Waals surface area contributed by atoms with Crippen molar-refractivity contribution >= 4 is 17.1 Å². The van der Waals surface area contributed by atoms with Crippen LogP contribution in [0.25, 0.3) is 0 Å². The number of hydrogen-bond donors (Lipinski definition) is 1. The molecule has 1 aliphatic rings. The Labute approximate surface area is 137 Å². The molecule has 8 heteroatoms. The van der Waals surface area contributed by atoms with Crippen molar-refractivity contribution in [1.29, 1.82) is 0 Å². The molecular formula is C16H15N3O5. The number of nitrogens with zero attached hydrogens (tertiary/aromatic N) is 3. The van der Waals surface area contributed by atoms with Crippen LogP contribution in [0.3, 0.4) is 0 Å². The molecule has 1 aliphatic heterocycles. The van der Waals surface area contributed by atoms with Crippen LogP contribution in [0.1, 0.15) is 25.5 Å². The quantitative estimate of drug-likeness (QED) is 0.505. The summed E-state index contributed by atoms with van der Waals surface area (Å²) in [6.07, 6.45) is -0.591. The number of ether oxygens (including phenoxy) is 2. The van der Waals surface area contributed by atoms with Gasteiger partial charge in [0.15, 0.2) is 6.29 Å². The van der Waals surface area contributed by atoms with Gasteiger partial charge < -0.3 is 14.6 Å². The third kappa shape index (κ3) is 3.18. The Morgan fingerprint density at radius 1 is 1.17 bits per heavy atom. The van der Waals surface area contributed by atoms with Gasteiger partial charge in [0.25, 0.3) is 5.69 Å². The number of nitro benzene ring substituents is 1. The molecular weight excluding hydrogens is 314 g/mol. The first-order valence-electron chi connectivity index (χ1n) is 7.29. The van der Waals surface area contributed by atoms with E-state index in [2.05, 4.69) is 10.2 Å². The molecule has 24 heavy (non-hydrogen) atoms. The normalized spacial score (nSPS) is 19.8. The van der Waals surface area contributed by atoms with Crippen LogP contribution in [-0.4, -0.2) is 16.3 Å². The van der Waals surface area contributed by atoms with Crippen molar-refractivity contribution in [2.45, 2.75) is 26.2 Å². The minimum absolute atomic E-state index is 0.0260. The first kappa shape index (κ1) is 15.9. The van der Waals surface area contributed by atoms with E-state index < -0.39 is 11.2 Å². The van der Waals surface area contributed by atoms with E-state index in [-0.39, 0.29) is 23.2 Å². The zero-order valence-corrected chi connectivity index (χ0v) is 13.0. The Morgan fingerprint density at radius 2 is 1.88 bits per heavy atom. The summed E-state index contributed by atoms with van der Waals surface area (Å²) in [7, 11) is 0. The van der Waals surface area contributed by atoms with Crippen LogP contribution in [0.15, 0.2) is 46.6 Å². The fraction of sp³-hybridized carbons (Fsp3) is 0.250. The predicted molar refractivity (Wildman–Crippen MR) is 85.0 cm³/mol. The topological polar surface area (TPSA) is 107 Å². The molecule has 0 saturated carbocycles. The molecule has 1 N–H and O–H groups in total. The molecule has 0 aliphatic carbocycles. The van der Waals surface area contributed by atoms with Gasteiger partial charge in [-0.05, 0) is 32.0 Å². The molecule has 0 amide bonds. The van der Waals surface area contributed by atoms with Crippen LogP contribution < -0.4 is 4.74 Å². The van der Waals surface area contributed by atoms with E-state index in [9.17, 15) is 15.2 Å². The number of phenols is 1. The van der Waals surface area contributed by atoms with Gasteiger partial charge >= 0.3 is 0 Å². The highest BCUT2D eigenvalue weighted by molar-refractivity contribution is 5.59. The van der Waals surface area contributed by atoms with Crippen LogP contribution in [-0.2, 0) is 4.74 Å². The lowest BCUT2D eigenvalue weighted by Crippen LogP contribution is -2.24. The maximum Gasteiger partial charge on any atom is 0.269 e. The summed E-state index contributed by atoms with van der Waals surface area (Å²) in [6, 6.07) is 8.76. The number of phenolic OH excluding ortho intramolecular Hbond substituents is 1. The fourth-order valence-electron chi connectivity index (χ4n) is 2.39. The highest BCUT2D eigenvalue weighted by Crippen LogP contribution is 2.41. The lowest BCUT2D eigenvalue weighted by molar-refractivity contribution is -0.384. The summed E-state index contributed by atoms with van der Waals surface area (Å²) in [5, 5.41) is 28.7. The second-order valence-electron chi connectivity index (χ2n) is 5.32. The minimum atomic E-state index is -0.488. The molecule has 0 fully saturated rings. The van der Waals surface area contributed by atoms with Gasteiger partial charge in [0.2, 0.25) is 0 Å². The van der Waals surface area contributed by atoms with Crippen molar-refractivity contribution in [1.82, 2.24) is 0 Å². The maximum absolute atomic E-state index is 10.6. The zero-order valence-electron chi connectivity index (χ0n) is 13.0. The van der Waals surface area contributed by atoms with E-state index in [0.717, 1.165) is 5.56 Å². The largest absolute Gasteiger partial charge is 0.506 e. The van der Waals surface area contributed by atoms with Crippen molar-refractivity contribution in [2.75, 3.05) is 0 Å². The minimum Gasteiger partial charge on any atom is -0.506 e. The third-order valence-corrected chi connectivity index (χ3v) is 3.57. The molecule has 124 valence electrons. The molecule has 0 saturated heterocycles. The summed E-state index contributed by atoms with van der Waals surface area (Å²) >= 11 is 0. The lowest BCUT2D eigenvalue weighted by atomic mass is 10.1. The number of fused-ring (bicyclic) bond motifs is 1. The zero-order chi connectivity index (χ0) is 17.3. The van der Waals surface area contributed by atoms with Crippen LogP contribution in [0, 0.1) is 10.1 Å². The maximum atomic E-state index is 10.6. The second kappa shape index (κ2) is 6.25. The molecule has 2 atom stereocenters. The van der Waals surface area contributed by atoms with Gasteiger partial charge in [-0.15, -0.1) is 5.11 Å². The van der Waals surface area contributed by atoms with Crippen LogP contribution in [0.5, 0.6) is 11.5 Å². The van der Waals surface area contributed by atoms with Crippen LogP contribution in [0.4, 0.5) is 17.1 Å². The standard InChI is InChI=1S/C16H15N3O5/c1-9-13-7-15(20)14(8-16(13)24-10(2)23-9)18-17-11-3-5-12(6-4-11)19(21)22/h3-10,20H,1-2H3. The summed E-state index contributed by atoms with van der Waals surface area (Å²) in [5.74, 6) is 0.532. The van der Waals surface area contributed by atoms with Crippen molar-refractivity contribution in [3.8, 4) is 11.5 Å². The van der Waals surface area contributed by atoms with Crippen molar-refractivity contribution in [2.24, 2.45) is 10.2 Å². The molecule has 3 rings (SSSR count). The van der Waals surface area contributed by atoms with Crippen molar-refractivity contribution in [3.05, 3.63) is 52.1 Å². The van der Waals surface area contributed by atoms with Crippen molar-refractivity contribution in [3.63, 3.8) is 0 Å². The molecule has 2 aromatic rings. The molecule has 0 aromatic heterocycles. The van der Waals surface area contributed by atoms with E-state index in [4.69, 9.17) is 9.47 Å². The first-order valence-corrected chi connectivity index (χ1v) is 7.29. The summed E-state index contributed by atoms with van der Waals surface area (Å²) in [6.45, 7) is 3.65. The number of benzene rings is 2. The monoisotopic (exact) mass is 329 g/mol. The number of azo groups is 1. The summed E-state index contributed by atoms with van der Waals surface area (Å²) < 4.78 is 11.1. The SMILES string of the molecule is CC1Oc2cc(N=Nc3ccc([N+](=O)[O-])cc3)c(O)cc2C(C)O1. The van der Waals surface area contributed by atoms with Crippen LogP contribution >= 0.6 is 0 Å². The van der Waals surface area contributed by atoms with Gasteiger partial charge in [0.1, 0.15) is 17.2 Å². The summed E-state index contributed by atoms with van der Waals surface area (Å²) in [5.41, 5.74) is 1.39. The average Bonchev–Trinajstić information content (AvgIpc) is 2.54. The molecule has 0 spiro atoms. The van der Waals surface area contributed by atoms with E-state index in [0.29, 0.717) is 11.4 Å². The van der Waals surface area contributed by atoms with E-state index in [1.54, 1.807) is 13.0 Å². The Hall–Kier alpha value is -3.00. The van der Waals surface area contributed by atoms with Gasteiger partial charge in [0, 0.05) is 23.8 Å². The Morgan fingerprint density at radius 3 is 2.54 bits per heavy atom. The highest BCUT2D eigenvalue weighted by Gasteiger charge is 2.24. The molecule has 2 unspecified atom stereocenters. The molecule has 0 radical (unpaired) electrons. The lowest BCUT2D eigenvalue weighted by Gasteiger charge is -2.29. The Kier molecular flexibility index (Phi) is 4.13. The average molecular weight is 329 g/mol. The van der Waals surface area contributed by atoms with Crippen molar-refractivity contribution < 1.29 is 19.5 Å². The highest BCUT2D eigenvalue weighted by atomic mass is 16.7. The smallest absolute Gasteiger partial charge is 0.269 e. The molecule has 0 bridgehead atoms.